The highest BCUT2D eigenvalue weighted by molar-refractivity contribution is 5.75. The highest BCUT2D eigenvalue weighted by Gasteiger charge is 2.24. The number of aromatic hydroxyl groups is 1. The van der Waals surface area contributed by atoms with E-state index in [2.05, 4.69) is 10.2 Å². The summed E-state index contributed by atoms with van der Waals surface area (Å²) in [6.45, 7) is 2.38. The van der Waals surface area contributed by atoms with Crippen molar-refractivity contribution in [2.45, 2.75) is 6.04 Å². The molecule has 0 bridgehead atoms. The Hall–Kier alpha value is -2.87. The molecular weight excluding hydrogens is 368 g/mol. The number of carbonyl (C=O) groups is 1. The zero-order chi connectivity index (χ0) is 20.1. The molecule has 1 aliphatic rings. The first-order chi connectivity index (χ1) is 13.5. The molecule has 1 atom stereocenters. The Morgan fingerprint density at radius 2 is 1.89 bits per heavy atom. The van der Waals surface area contributed by atoms with E-state index in [4.69, 9.17) is 4.74 Å². The monoisotopic (exact) mass is 391 g/mol. The number of anilines is 1. The lowest BCUT2D eigenvalue weighted by molar-refractivity contribution is 0.153. The van der Waals surface area contributed by atoms with Gasteiger partial charge in [0, 0.05) is 45.0 Å². The fraction of sp³-hybridized carbons (Fsp3) is 0.350. The normalized spacial score (nSPS) is 15.4. The number of urea groups is 1. The molecule has 0 saturated carbocycles. The predicted octanol–water partition coefficient (Wildman–Crippen LogP) is 2.89. The molecule has 1 aliphatic heterocycles. The van der Waals surface area contributed by atoms with E-state index in [1.807, 2.05) is 6.07 Å². The van der Waals surface area contributed by atoms with Crippen LogP contribution in [-0.2, 0) is 4.74 Å². The number of methoxy groups -OCH3 is 1. The van der Waals surface area contributed by atoms with Gasteiger partial charge in [0.15, 0.2) is 11.6 Å². The second kappa shape index (κ2) is 8.88. The van der Waals surface area contributed by atoms with Gasteiger partial charge >= 0.3 is 6.03 Å². The second-order valence-electron chi connectivity index (χ2n) is 6.62. The van der Waals surface area contributed by atoms with Gasteiger partial charge in [0.05, 0.1) is 12.6 Å². The number of phenolic OH excluding ortho intramolecular Hbond substituents is 1. The molecule has 2 N–H and O–H groups in total. The van der Waals surface area contributed by atoms with E-state index in [-0.39, 0.29) is 18.4 Å². The van der Waals surface area contributed by atoms with Crippen LogP contribution in [0.2, 0.25) is 0 Å². The summed E-state index contributed by atoms with van der Waals surface area (Å²) >= 11 is 0. The minimum Gasteiger partial charge on any atom is -0.508 e. The molecule has 1 fully saturated rings. The Balaban J connectivity index is 1.61. The summed E-state index contributed by atoms with van der Waals surface area (Å²) in [6, 6.07) is 9.65. The number of amides is 2. The number of halogens is 2. The van der Waals surface area contributed by atoms with Crippen molar-refractivity contribution in [3.8, 4) is 5.75 Å². The van der Waals surface area contributed by atoms with Gasteiger partial charge in [-0.3, -0.25) is 0 Å². The van der Waals surface area contributed by atoms with E-state index in [1.165, 1.54) is 13.2 Å². The molecule has 0 aliphatic carbocycles. The number of benzene rings is 2. The first-order valence-corrected chi connectivity index (χ1v) is 9.01. The van der Waals surface area contributed by atoms with Gasteiger partial charge in [0.2, 0.25) is 0 Å². The number of piperazine rings is 1. The molecule has 150 valence electrons. The predicted molar refractivity (Wildman–Crippen MR) is 101 cm³/mol. The van der Waals surface area contributed by atoms with Gasteiger partial charge in [-0.1, -0.05) is 12.1 Å². The maximum absolute atomic E-state index is 13.5. The lowest BCUT2D eigenvalue weighted by Gasteiger charge is -2.36. The molecule has 1 saturated heterocycles. The average Bonchev–Trinajstić information content (AvgIpc) is 2.70. The van der Waals surface area contributed by atoms with E-state index >= 15 is 0 Å². The molecule has 1 heterocycles. The van der Waals surface area contributed by atoms with Crippen LogP contribution < -0.4 is 10.2 Å². The molecule has 6 nitrogen and oxygen atoms in total. The second-order valence-corrected chi connectivity index (χ2v) is 6.62. The Morgan fingerprint density at radius 1 is 1.14 bits per heavy atom. The van der Waals surface area contributed by atoms with Crippen molar-refractivity contribution >= 4 is 11.7 Å². The van der Waals surface area contributed by atoms with Crippen LogP contribution in [0.15, 0.2) is 42.5 Å². The molecule has 0 radical (unpaired) electrons. The molecule has 8 heteroatoms. The van der Waals surface area contributed by atoms with Crippen LogP contribution >= 0.6 is 0 Å². The summed E-state index contributed by atoms with van der Waals surface area (Å²) in [4.78, 5) is 16.4. The summed E-state index contributed by atoms with van der Waals surface area (Å²) in [5.74, 6) is -1.70. The smallest absolute Gasteiger partial charge is 0.318 e. The highest BCUT2D eigenvalue weighted by atomic mass is 19.2. The Kier molecular flexibility index (Phi) is 6.30. The SMILES string of the molecule is COCC(NC(=O)N1CCN(c2cccc(O)c2)CC1)c1ccc(F)c(F)c1. The van der Waals surface area contributed by atoms with Gasteiger partial charge in [0.25, 0.3) is 0 Å². The largest absolute Gasteiger partial charge is 0.508 e. The van der Waals surface area contributed by atoms with Gasteiger partial charge in [0.1, 0.15) is 5.75 Å². The first kappa shape index (κ1) is 19.9. The van der Waals surface area contributed by atoms with Gasteiger partial charge in [-0.2, -0.15) is 0 Å². The van der Waals surface area contributed by atoms with Crippen LogP contribution in [0.25, 0.3) is 0 Å². The van der Waals surface area contributed by atoms with Gasteiger partial charge < -0.3 is 25.0 Å². The molecular formula is C20H23F2N3O3. The summed E-state index contributed by atoms with van der Waals surface area (Å²) in [5.41, 5.74) is 1.34. The van der Waals surface area contributed by atoms with Crippen molar-refractivity contribution in [3.63, 3.8) is 0 Å². The van der Waals surface area contributed by atoms with Crippen LogP contribution in [0.4, 0.5) is 19.3 Å². The molecule has 1 unspecified atom stereocenters. The standard InChI is InChI=1S/C20H23F2N3O3/c1-28-13-19(14-5-6-17(21)18(22)11-14)23-20(27)25-9-7-24(8-10-25)15-3-2-4-16(26)12-15/h2-6,11-12,19,26H,7-10,13H2,1H3,(H,23,27). The first-order valence-electron chi connectivity index (χ1n) is 9.01. The van der Waals surface area contributed by atoms with Crippen molar-refractivity contribution in [3.05, 3.63) is 59.7 Å². The quantitative estimate of drug-likeness (QED) is 0.823. The number of phenols is 1. The number of hydrogen-bond donors (Lipinski definition) is 2. The molecule has 0 aromatic heterocycles. The minimum atomic E-state index is -0.965. The number of carbonyl (C=O) groups excluding carboxylic acids is 1. The van der Waals surface area contributed by atoms with Gasteiger partial charge in [-0.15, -0.1) is 0 Å². The number of nitrogens with one attached hydrogen (secondary N) is 1. The van der Waals surface area contributed by atoms with E-state index in [9.17, 15) is 18.7 Å². The molecule has 2 aromatic rings. The lowest BCUT2D eigenvalue weighted by atomic mass is 10.1. The average molecular weight is 391 g/mol. The van der Waals surface area contributed by atoms with Crippen LogP contribution in [0.3, 0.4) is 0 Å². The Morgan fingerprint density at radius 3 is 2.54 bits per heavy atom. The van der Waals surface area contributed by atoms with Gasteiger partial charge in [-0.05, 0) is 29.8 Å². The van der Waals surface area contributed by atoms with Crippen LogP contribution in [0, 0.1) is 11.6 Å². The highest BCUT2D eigenvalue weighted by Crippen LogP contribution is 2.22. The lowest BCUT2D eigenvalue weighted by Crippen LogP contribution is -2.52. The van der Waals surface area contributed by atoms with E-state index in [1.54, 1.807) is 23.1 Å². The fourth-order valence-electron chi connectivity index (χ4n) is 3.21. The molecule has 28 heavy (non-hydrogen) atoms. The third kappa shape index (κ3) is 4.69. The maximum atomic E-state index is 13.5. The summed E-state index contributed by atoms with van der Waals surface area (Å²) < 4.78 is 31.8. The Labute approximate surface area is 162 Å². The zero-order valence-corrected chi connectivity index (χ0v) is 15.6. The van der Waals surface area contributed by atoms with Crippen LogP contribution in [-0.4, -0.2) is 55.9 Å². The van der Waals surface area contributed by atoms with Crippen molar-refractivity contribution < 1.29 is 23.4 Å². The molecule has 3 rings (SSSR count). The zero-order valence-electron chi connectivity index (χ0n) is 15.6. The van der Waals surface area contributed by atoms with Crippen molar-refractivity contribution in [2.75, 3.05) is 44.8 Å². The van der Waals surface area contributed by atoms with E-state index in [0.717, 1.165) is 17.8 Å². The van der Waals surface area contributed by atoms with E-state index in [0.29, 0.717) is 31.7 Å². The third-order valence-electron chi connectivity index (χ3n) is 4.74. The summed E-state index contributed by atoms with van der Waals surface area (Å²) in [6.07, 6.45) is 0. The number of hydrogen-bond acceptors (Lipinski definition) is 4. The summed E-state index contributed by atoms with van der Waals surface area (Å²) in [7, 11) is 1.48. The number of nitrogens with zero attached hydrogens (tertiary/aromatic N) is 2. The molecule has 2 aromatic carbocycles. The number of ether oxygens (including phenoxy) is 1. The van der Waals surface area contributed by atoms with E-state index < -0.39 is 17.7 Å². The molecule has 2 amide bonds. The van der Waals surface area contributed by atoms with Gasteiger partial charge in [-0.25, -0.2) is 13.6 Å². The van der Waals surface area contributed by atoms with Crippen molar-refractivity contribution in [1.29, 1.82) is 0 Å². The minimum absolute atomic E-state index is 0.139. The molecule has 0 spiro atoms. The summed E-state index contributed by atoms with van der Waals surface area (Å²) in [5, 5.41) is 12.4. The van der Waals surface area contributed by atoms with Crippen LogP contribution in [0.1, 0.15) is 11.6 Å². The van der Waals surface area contributed by atoms with Crippen molar-refractivity contribution in [1.82, 2.24) is 10.2 Å². The van der Waals surface area contributed by atoms with Crippen molar-refractivity contribution in [2.24, 2.45) is 0 Å². The maximum Gasteiger partial charge on any atom is 0.318 e. The fourth-order valence-corrected chi connectivity index (χ4v) is 3.21. The number of rotatable bonds is 5. The topological polar surface area (TPSA) is 65.0 Å². The Bertz CT molecular complexity index is 826. The van der Waals surface area contributed by atoms with Crippen LogP contribution in [0.5, 0.6) is 5.75 Å². The third-order valence-corrected chi connectivity index (χ3v) is 4.74.